The Labute approximate surface area is 152 Å². The normalized spacial score (nSPS) is 14.1. The number of carbonyl (C=O) groups is 1. The van der Waals surface area contributed by atoms with E-state index in [4.69, 9.17) is 0 Å². The van der Waals surface area contributed by atoms with Gasteiger partial charge in [-0.05, 0) is 49.4 Å². The van der Waals surface area contributed by atoms with E-state index in [-0.39, 0.29) is 24.2 Å². The van der Waals surface area contributed by atoms with E-state index in [9.17, 15) is 24.5 Å². The number of halogens is 1. The van der Waals surface area contributed by atoms with Crippen LogP contribution in [0.1, 0.15) is 42.5 Å². The van der Waals surface area contributed by atoms with Crippen LogP contribution in [-0.2, 0) is 16.6 Å². The fraction of sp³-hybridized carbons (Fsp3) is 0.381. The van der Waals surface area contributed by atoms with Gasteiger partial charge in [0, 0.05) is 12.0 Å². The first-order chi connectivity index (χ1) is 11.9. The largest absolute Gasteiger partial charge is 0.508 e. The van der Waals surface area contributed by atoms with E-state index < -0.39 is 22.8 Å². The van der Waals surface area contributed by atoms with Crippen LogP contribution < -0.4 is 0 Å². The third-order valence-electron chi connectivity index (χ3n) is 4.60. The number of phenols is 1. The molecule has 26 heavy (non-hydrogen) atoms. The minimum absolute atomic E-state index is 0.0790. The van der Waals surface area contributed by atoms with Gasteiger partial charge < -0.3 is 15.3 Å². The Morgan fingerprint density at radius 2 is 1.65 bits per heavy atom. The molecule has 0 spiro atoms. The van der Waals surface area contributed by atoms with Gasteiger partial charge in [0.2, 0.25) is 0 Å². The van der Waals surface area contributed by atoms with Crippen LogP contribution in [0.3, 0.4) is 0 Å². The highest BCUT2D eigenvalue weighted by molar-refractivity contribution is 5.78. The number of aromatic hydroxyl groups is 1. The molecule has 0 fully saturated rings. The highest BCUT2D eigenvalue weighted by Gasteiger charge is 2.43. The average Bonchev–Trinajstić information content (AvgIpc) is 2.47. The molecule has 2 aromatic rings. The van der Waals surface area contributed by atoms with Crippen LogP contribution in [0.2, 0.25) is 0 Å². The van der Waals surface area contributed by atoms with Gasteiger partial charge in [0.25, 0.3) is 0 Å². The lowest BCUT2D eigenvalue weighted by atomic mass is 9.73. The lowest BCUT2D eigenvalue weighted by Gasteiger charge is -2.34. The zero-order valence-corrected chi connectivity index (χ0v) is 15.5. The van der Waals surface area contributed by atoms with E-state index in [1.54, 1.807) is 13.8 Å². The number of benzene rings is 2. The van der Waals surface area contributed by atoms with Crippen molar-refractivity contribution in [2.75, 3.05) is 0 Å². The van der Waals surface area contributed by atoms with E-state index in [1.165, 1.54) is 12.1 Å². The highest BCUT2D eigenvalue weighted by Crippen LogP contribution is 2.39. The Bertz CT molecular complexity index is 809. The maximum absolute atomic E-state index is 13.6. The van der Waals surface area contributed by atoms with E-state index >= 15 is 0 Å². The maximum Gasteiger partial charge on any atom is 0.336 e. The van der Waals surface area contributed by atoms with Crippen molar-refractivity contribution >= 4 is 5.97 Å². The third-order valence-corrected chi connectivity index (χ3v) is 4.60. The van der Waals surface area contributed by atoms with Gasteiger partial charge in [0.1, 0.15) is 11.6 Å². The summed E-state index contributed by atoms with van der Waals surface area (Å²) in [4.78, 5) is 11.9. The monoisotopic (exact) mass is 360 g/mol. The van der Waals surface area contributed by atoms with Gasteiger partial charge in [-0.2, -0.15) is 0 Å². The number of aryl methyl sites for hydroxylation is 2. The Morgan fingerprint density at radius 1 is 1.08 bits per heavy atom. The molecule has 0 saturated carbocycles. The summed E-state index contributed by atoms with van der Waals surface area (Å²) in [5.41, 5.74) is -0.0745. The quantitative estimate of drug-likeness (QED) is 0.731. The molecular formula is C21H25FO4. The molecule has 2 rings (SSSR count). The second-order valence-corrected chi connectivity index (χ2v) is 7.73. The summed E-state index contributed by atoms with van der Waals surface area (Å²) in [5, 5.41) is 30.7. The standard InChI is InChI=1S/C21H25FO4/c1-13-7-14(2)9-15(8-13)11-21(26,19(24)25)12-20(3,4)17-10-16(22)5-6-18(17)23/h5-10,23,26H,11-12H2,1-4H3,(H,24,25). The molecule has 0 bridgehead atoms. The Balaban J connectivity index is 2.39. The number of carboxylic acids is 1. The van der Waals surface area contributed by atoms with Crippen LogP contribution >= 0.6 is 0 Å². The summed E-state index contributed by atoms with van der Waals surface area (Å²) in [7, 11) is 0. The van der Waals surface area contributed by atoms with Gasteiger partial charge in [-0.1, -0.05) is 43.2 Å². The molecule has 1 unspecified atom stereocenters. The van der Waals surface area contributed by atoms with Crippen LogP contribution in [0.4, 0.5) is 4.39 Å². The summed E-state index contributed by atoms with van der Waals surface area (Å²) in [6.45, 7) is 7.17. The fourth-order valence-electron chi connectivity index (χ4n) is 3.60. The summed E-state index contributed by atoms with van der Waals surface area (Å²) in [5.74, 6) is -2.00. The van der Waals surface area contributed by atoms with Crippen molar-refractivity contribution < 1.29 is 24.5 Å². The topological polar surface area (TPSA) is 77.8 Å². The van der Waals surface area contributed by atoms with Gasteiger partial charge in [0.05, 0.1) is 0 Å². The van der Waals surface area contributed by atoms with Crippen LogP contribution in [0.5, 0.6) is 5.75 Å². The molecule has 3 N–H and O–H groups in total. The van der Waals surface area contributed by atoms with Crippen molar-refractivity contribution in [2.24, 2.45) is 0 Å². The van der Waals surface area contributed by atoms with E-state index in [0.29, 0.717) is 5.56 Å². The molecule has 140 valence electrons. The average molecular weight is 360 g/mol. The molecule has 4 nitrogen and oxygen atoms in total. The van der Waals surface area contributed by atoms with Crippen molar-refractivity contribution in [3.8, 4) is 5.75 Å². The number of aliphatic hydroxyl groups is 1. The summed E-state index contributed by atoms with van der Waals surface area (Å²) < 4.78 is 13.6. The minimum atomic E-state index is -2.05. The Hall–Kier alpha value is -2.40. The van der Waals surface area contributed by atoms with Crippen LogP contribution in [0, 0.1) is 19.7 Å². The molecule has 5 heteroatoms. The Morgan fingerprint density at radius 3 is 2.19 bits per heavy atom. The maximum atomic E-state index is 13.6. The second-order valence-electron chi connectivity index (χ2n) is 7.73. The first-order valence-electron chi connectivity index (χ1n) is 8.45. The number of carboxylic acid groups (broad SMARTS) is 1. The van der Waals surface area contributed by atoms with Crippen LogP contribution in [0.15, 0.2) is 36.4 Å². The van der Waals surface area contributed by atoms with Crippen molar-refractivity contribution in [1.82, 2.24) is 0 Å². The molecule has 0 amide bonds. The van der Waals surface area contributed by atoms with Crippen molar-refractivity contribution in [3.05, 3.63) is 64.5 Å². The van der Waals surface area contributed by atoms with Gasteiger partial charge in [0.15, 0.2) is 5.60 Å². The van der Waals surface area contributed by atoms with Crippen molar-refractivity contribution in [2.45, 2.75) is 51.6 Å². The lowest BCUT2D eigenvalue weighted by molar-refractivity contribution is -0.160. The van der Waals surface area contributed by atoms with E-state index in [0.717, 1.165) is 17.2 Å². The zero-order chi connectivity index (χ0) is 19.7. The van der Waals surface area contributed by atoms with E-state index in [1.807, 2.05) is 32.0 Å². The highest BCUT2D eigenvalue weighted by atomic mass is 19.1. The molecule has 0 aliphatic carbocycles. The summed E-state index contributed by atoms with van der Waals surface area (Å²) in [6, 6.07) is 9.19. The predicted octanol–water partition coefficient (Wildman–Crippen LogP) is 3.87. The molecule has 0 aliphatic heterocycles. The molecule has 0 aliphatic rings. The lowest BCUT2D eigenvalue weighted by Crippen LogP contribution is -2.45. The van der Waals surface area contributed by atoms with Crippen LogP contribution in [0.25, 0.3) is 0 Å². The Kier molecular flexibility index (Phi) is 5.42. The minimum Gasteiger partial charge on any atom is -0.508 e. The smallest absolute Gasteiger partial charge is 0.336 e. The first-order valence-corrected chi connectivity index (χ1v) is 8.45. The van der Waals surface area contributed by atoms with Gasteiger partial charge in [-0.15, -0.1) is 0 Å². The second kappa shape index (κ2) is 7.08. The number of phenolic OH excluding ortho intramolecular Hbond substituents is 1. The predicted molar refractivity (Wildman–Crippen MR) is 97.9 cm³/mol. The van der Waals surface area contributed by atoms with Gasteiger partial charge >= 0.3 is 5.97 Å². The summed E-state index contributed by atoms with van der Waals surface area (Å²) in [6.07, 6.45) is -0.260. The third kappa shape index (κ3) is 4.41. The SMILES string of the molecule is Cc1cc(C)cc(CC(O)(CC(C)(C)c2cc(F)ccc2O)C(=O)O)c1. The van der Waals surface area contributed by atoms with Gasteiger partial charge in [-0.3, -0.25) is 0 Å². The number of hydrogen-bond acceptors (Lipinski definition) is 3. The molecule has 1 atom stereocenters. The number of hydrogen-bond donors (Lipinski definition) is 3. The summed E-state index contributed by atoms with van der Waals surface area (Å²) >= 11 is 0. The van der Waals surface area contributed by atoms with Crippen molar-refractivity contribution in [1.29, 1.82) is 0 Å². The molecule has 0 radical (unpaired) electrons. The zero-order valence-electron chi connectivity index (χ0n) is 15.5. The number of rotatable bonds is 6. The van der Waals surface area contributed by atoms with Gasteiger partial charge in [-0.25, -0.2) is 9.18 Å². The molecule has 2 aromatic carbocycles. The fourth-order valence-corrected chi connectivity index (χ4v) is 3.60. The van der Waals surface area contributed by atoms with E-state index in [2.05, 4.69) is 0 Å². The number of aliphatic carboxylic acids is 1. The van der Waals surface area contributed by atoms with Crippen molar-refractivity contribution in [3.63, 3.8) is 0 Å². The molecule has 0 saturated heterocycles. The van der Waals surface area contributed by atoms with Crippen LogP contribution in [-0.4, -0.2) is 26.9 Å². The molecule has 0 heterocycles. The molecule has 0 aromatic heterocycles. The first kappa shape index (κ1) is 19.9. The molecular weight excluding hydrogens is 335 g/mol.